The van der Waals surface area contributed by atoms with Gasteiger partial charge in [0, 0.05) is 19.6 Å². The van der Waals surface area contributed by atoms with Gasteiger partial charge in [0.05, 0.1) is 6.54 Å². The van der Waals surface area contributed by atoms with Crippen molar-refractivity contribution in [2.24, 2.45) is 0 Å². The number of rotatable bonds is 5. The Morgan fingerprint density at radius 2 is 1.84 bits per heavy atom. The molecule has 19 heavy (non-hydrogen) atoms. The third-order valence-electron chi connectivity index (χ3n) is 3.90. The van der Waals surface area contributed by atoms with E-state index in [9.17, 15) is 4.79 Å². The number of hydrogen-bond donors (Lipinski definition) is 1. The van der Waals surface area contributed by atoms with Gasteiger partial charge in [0.25, 0.3) is 0 Å². The minimum Gasteiger partial charge on any atom is -0.340 e. The zero-order chi connectivity index (χ0) is 14.0. The molecule has 1 saturated carbocycles. The Morgan fingerprint density at radius 1 is 1.21 bits per heavy atom. The fourth-order valence-corrected chi connectivity index (χ4v) is 2.19. The SMILES string of the molecule is Cc1cc(C)c(CN(C)C(=O)CNC2CC2)cc1C. The summed E-state index contributed by atoms with van der Waals surface area (Å²) in [5.41, 5.74) is 5.10. The van der Waals surface area contributed by atoms with Gasteiger partial charge in [0.1, 0.15) is 0 Å². The van der Waals surface area contributed by atoms with Crippen LogP contribution in [0.4, 0.5) is 0 Å². The summed E-state index contributed by atoms with van der Waals surface area (Å²) in [5, 5.41) is 3.27. The number of carbonyl (C=O) groups excluding carboxylic acids is 1. The molecule has 0 heterocycles. The van der Waals surface area contributed by atoms with Crippen LogP contribution in [0.1, 0.15) is 35.1 Å². The van der Waals surface area contributed by atoms with Crippen LogP contribution in [0.15, 0.2) is 12.1 Å². The van der Waals surface area contributed by atoms with Gasteiger partial charge in [0.15, 0.2) is 0 Å². The molecule has 1 amide bonds. The van der Waals surface area contributed by atoms with E-state index in [-0.39, 0.29) is 5.91 Å². The van der Waals surface area contributed by atoms with Crippen LogP contribution < -0.4 is 5.32 Å². The largest absolute Gasteiger partial charge is 0.340 e. The van der Waals surface area contributed by atoms with E-state index < -0.39 is 0 Å². The van der Waals surface area contributed by atoms with Crippen molar-refractivity contribution in [1.82, 2.24) is 10.2 Å². The van der Waals surface area contributed by atoms with Gasteiger partial charge in [-0.2, -0.15) is 0 Å². The fraction of sp³-hybridized carbons (Fsp3) is 0.562. The van der Waals surface area contributed by atoms with Gasteiger partial charge in [-0.05, 0) is 55.9 Å². The van der Waals surface area contributed by atoms with E-state index in [4.69, 9.17) is 0 Å². The zero-order valence-corrected chi connectivity index (χ0v) is 12.4. The summed E-state index contributed by atoms with van der Waals surface area (Å²) < 4.78 is 0. The molecule has 1 aromatic rings. The standard InChI is InChI=1S/C16H24N2O/c1-11-7-13(3)14(8-12(11)2)10-18(4)16(19)9-17-15-5-6-15/h7-8,15,17H,5-6,9-10H2,1-4H3. The lowest BCUT2D eigenvalue weighted by Crippen LogP contribution is -2.36. The number of nitrogens with zero attached hydrogens (tertiary/aromatic N) is 1. The topological polar surface area (TPSA) is 32.3 Å². The third kappa shape index (κ3) is 3.80. The van der Waals surface area contributed by atoms with Crippen molar-refractivity contribution < 1.29 is 4.79 Å². The molecule has 1 fully saturated rings. The average molecular weight is 260 g/mol. The lowest BCUT2D eigenvalue weighted by Gasteiger charge is -2.20. The molecule has 0 aromatic heterocycles. The molecule has 0 saturated heterocycles. The van der Waals surface area contributed by atoms with E-state index in [1.54, 1.807) is 0 Å². The minimum atomic E-state index is 0.171. The van der Waals surface area contributed by atoms with Crippen LogP contribution in [0.3, 0.4) is 0 Å². The van der Waals surface area contributed by atoms with Crippen LogP contribution in [-0.2, 0) is 11.3 Å². The van der Waals surface area contributed by atoms with E-state index in [1.165, 1.54) is 35.1 Å². The summed E-state index contributed by atoms with van der Waals surface area (Å²) in [6.45, 7) is 7.51. The van der Waals surface area contributed by atoms with Crippen LogP contribution in [0, 0.1) is 20.8 Å². The van der Waals surface area contributed by atoms with Crippen molar-refractivity contribution in [1.29, 1.82) is 0 Å². The van der Waals surface area contributed by atoms with Crippen molar-refractivity contribution >= 4 is 5.91 Å². The second-order valence-corrected chi connectivity index (χ2v) is 5.77. The number of aryl methyl sites for hydroxylation is 3. The Kier molecular flexibility index (Phi) is 4.25. The quantitative estimate of drug-likeness (QED) is 0.881. The Morgan fingerprint density at radius 3 is 2.47 bits per heavy atom. The van der Waals surface area contributed by atoms with Crippen LogP contribution in [0.2, 0.25) is 0 Å². The highest BCUT2D eigenvalue weighted by atomic mass is 16.2. The third-order valence-corrected chi connectivity index (χ3v) is 3.90. The highest BCUT2D eigenvalue weighted by Gasteiger charge is 2.22. The molecule has 2 rings (SSSR count). The normalized spacial score (nSPS) is 14.5. The van der Waals surface area contributed by atoms with Crippen LogP contribution in [0.25, 0.3) is 0 Å². The molecule has 1 aliphatic carbocycles. The molecular formula is C16H24N2O. The zero-order valence-electron chi connectivity index (χ0n) is 12.4. The second-order valence-electron chi connectivity index (χ2n) is 5.77. The van der Waals surface area contributed by atoms with E-state index in [0.717, 1.165) is 0 Å². The molecule has 0 bridgehead atoms. The summed E-state index contributed by atoms with van der Waals surface area (Å²) >= 11 is 0. The lowest BCUT2D eigenvalue weighted by molar-refractivity contribution is -0.129. The number of benzene rings is 1. The second kappa shape index (κ2) is 5.74. The maximum Gasteiger partial charge on any atom is 0.236 e. The molecule has 0 aliphatic heterocycles. The Bertz CT molecular complexity index is 478. The molecule has 1 N–H and O–H groups in total. The van der Waals surface area contributed by atoms with E-state index in [1.807, 2.05) is 11.9 Å². The summed E-state index contributed by atoms with van der Waals surface area (Å²) in [7, 11) is 1.88. The van der Waals surface area contributed by atoms with Crippen LogP contribution in [-0.4, -0.2) is 30.4 Å². The van der Waals surface area contributed by atoms with Crippen LogP contribution in [0.5, 0.6) is 0 Å². The van der Waals surface area contributed by atoms with Gasteiger partial charge in [-0.1, -0.05) is 12.1 Å². The van der Waals surface area contributed by atoms with Gasteiger partial charge in [-0.3, -0.25) is 4.79 Å². The predicted octanol–water partition coefficient (Wildman–Crippen LogP) is 2.32. The fourth-order valence-electron chi connectivity index (χ4n) is 2.19. The first-order chi connectivity index (χ1) is 8.97. The van der Waals surface area contributed by atoms with Crippen LogP contribution >= 0.6 is 0 Å². The molecule has 1 aliphatic rings. The number of carbonyl (C=O) groups is 1. The predicted molar refractivity (Wildman–Crippen MR) is 78.2 cm³/mol. The molecule has 104 valence electrons. The number of likely N-dealkylation sites (N-methyl/N-ethyl adjacent to an activating group) is 1. The van der Waals surface area contributed by atoms with Crippen molar-refractivity contribution in [2.75, 3.05) is 13.6 Å². The van der Waals surface area contributed by atoms with E-state index in [2.05, 4.69) is 38.2 Å². The van der Waals surface area contributed by atoms with E-state index in [0.29, 0.717) is 19.1 Å². The smallest absolute Gasteiger partial charge is 0.236 e. The summed E-state index contributed by atoms with van der Waals surface area (Å²) in [6, 6.07) is 4.98. The highest BCUT2D eigenvalue weighted by molar-refractivity contribution is 5.78. The van der Waals surface area contributed by atoms with Gasteiger partial charge in [0.2, 0.25) is 5.91 Å². The molecule has 0 radical (unpaired) electrons. The van der Waals surface area contributed by atoms with Crippen molar-refractivity contribution in [3.63, 3.8) is 0 Å². The minimum absolute atomic E-state index is 0.171. The highest BCUT2D eigenvalue weighted by Crippen LogP contribution is 2.19. The Labute approximate surface area is 116 Å². The summed E-state index contributed by atoms with van der Waals surface area (Å²) in [6.07, 6.45) is 2.43. The Balaban J connectivity index is 1.95. The van der Waals surface area contributed by atoms with Crippen molar-refractivity contribution in [3.8, 4) is 0 Å². The maximum atomic E-state index is 12.0. The van der Waals surface area contributed by atoms with Gasteiger partial charge in [-0.15, -0.1) is 0 Å². The molecule has 3 nitrogen and oxygen atoms in total. The number of hydrogen-bond acceptors (Lipinski definition) is 2. The first-order valence-electron chi connectivity index (χ1n) is 7.01. The van der Waals surface area contributed by atoms with Gasteiger partial charge < -0.3 is 10.2 Å². The summed E-state index contributed by atoms with van der Waals surface area (Å²) in [5.74, 6) is 0.171. The van der Waals surface area contributed by atoms with Crippen molar-refractivity contribution in [3.05, 3.63) is 34.4 Å². The molecule has 1 aromatic carbocycles. The lowest BCUT2D eigenvalue weighted by atomic mass is 10.0. The molecule has 0 atom stereocenters. The Hall–Kier alpha value is -1.35. The monoisotopic (exact) mass is 260 g/mol. The van der Waals surface area contributed by atoms with Gasteiger partial charge in [-0.25, -0.2) is 0 Å². The summed E-state index contributed by atoms with van der Waals surface area (Å²) in [4.78, 5) is 13.8. The maximum absolute atomic E-state index is 12.0. The molecule has 3 heteroatoms. The average Bonchev–Trinajstić information content (AvgIpc) is 3.16. The van der Waals surface area contributed by atoms with E-state index >= 15 is 0 Å². The van der Waals surface area contributed by atoms with Gasteiger partial charge >= 0.3 is 0 Å². The molecule has 0 unspecified atom stereocenters. The molecular weight excluding hydrogens is 236 g/mol. The number of nitrogens with one attached hydrogen (secondary N) is 1. The first kappa shape index (κ1) is 14.1. The van der Waals surface area contributed by atoms with Crippen molar-refractivity contribution in [2.45, 2.75) is 46.2 Å². The number of amides is 1. The first-order valence-corrected chi connectivity index (χ1v) is 7.01. The molecule has 0 spiro atoms.